The summed E-state index contributed by atoms with van der Waals surface area (Å²) in [5.41, 5.74) is 0.804. The van der Waals surface area contributed by atoms with Crippen molar-refractivity contribution in [1.29, 1.82) is 0 Å². The molecule has 0 aliphatic rings. The second-order valence-corrected chi connectivity index (χ2v) is 6.15. The van der Waals surface area contributed by atoms with E-state index in [1.165, 1.54) is 0 Å². The van der Waals surface area contributed by atoms with Gasteiger partial charge in [-0.2, -0.15) is 0 Å². The van der Waals surface area contributed by atoms with Gasteiger partial charge in [0.25, 0.3) is 0 Å². The summed E-state index contributed by atoms with van der Waals surface area (Å²) >= 11 is 11.9. The lowest BCUT2D eigenvalue weighted by Crippen LogP contribution is -2.31. The predicted molar refractivity (Wildman–Crippen MR) is 91.8 cm³/mol. The first-order valence-electron chi connectivity index (χ1n) is 7.38. The van der Waals surface area contributed by atoms with E-state index in [0.717, 1.165) is 5.56 Å². The molecule has 0 aliphatic heterocycles. The maximum absolute atomic E-state index is 12.7. The molecular weight excluding hydrogens is 349 g/mol. The van der Waals surface area contributed by atoms with Crippen LogP contribution in [-0.2, 0) is 24.3 Å². The summed E-state index contributed by atoms with van der Waals surface area (Å²) < 4.78 is 10.7. The number of carbonyl (C=O) groups is 1. The van der Waals surface area contributed by atoms with Gasteiger partial charge in [-0.15, -0.1) is 0 Å². The van der Waals surface area contributed by atoms with Gasteiger partial charge < -0.3 is 13.7 Å². The normalized spacial score (nSPS) is 10.8. The van der Waals surface area contributed by atoms with Gasteiger partial charge in [-0.3, -0.25) is 4.79 Å². The van der Waals surface area contributed by atoms with Crippen molar-refractivity contribution < 1.29 is 13.6 Å². The molecular formula is C18H15Cl2NO3. The Labute approximate surface area is 149 Å². The molecule has 0 fully saturated rings. The lowest BCUT2D eigenvalue weighted by molar-refractivity contribution is -0.132. The number of rotatable bonds is 6. The molecule has 3 aromatic rings. The summed E-state index contributed by atoms with van der Waals surface area (Å²) in [6.45, 7) is 0.738. The van der Waals surface area contributed by atoms with Gasteiger partial charge in [0.2, 0.25) is 5.91 Å². The van der Waals surface area contributed by atoms with Crippen LogP contribution in [0, 0.1) is 0 Å². The van der Waals surface area contributed by atoms with E-state index < -0.39 is 0 Å². The van der Waals surface area contributed by atoms with Crippen molar-refractivity contribution >= 4 is 29.1 Å². The predicted octanol–water partition coefficient (Wildman–Crippen LogP) is 4.95. The zero-order valence-electron chi connectivity index (χ0n) is 12.7. The smallest absolute Gasteiger partial charge is 0.227 e. The molecule has 0 bridgehead atoms. The largest absolute Gasteiger partial charge is 0.467 e. The Morgan fingerprint density at radius 3 is 2.04 bits per heavy atom. The number of halogens is 2. The van der Waals surface area contributed by atoms with Crippen LogP contribution >= 0.6 is 23.2 Å². The fourth-order valence-corrected chi connectivity index (χ4v) is 2.67. The molecule has 0 aliphatic carbocycles. The third-order valence-electron chi connectivity index (χ3n) is 3.55. The third kappa shape index (κ3) is 4.22. The highest BCUT2D eigenvalue weighted by Gasteiger charge is 2.18. The molecule has 2 aromatic heterocycles. The zero-order valence-corrected chi connectivity index (χ0v) is 14.3. The quantitative estimate of drug-likeness (QED) is 0.622. The van der Waals surface area contributed by atoms with Gasteiger partial charge in [0.05, 0.1) is 42.1 Å². The van der Waals surface area contributed by atoms with Gasteiger partial charge in [0.1, 0.15) is 11.5 Å². The molecule has 0 N–H and O–H groups in total. The van der Waals surface area contributed by atoms with Gasteiger partial charge >= 0.3 is 0 Å². The summed E-state index contributed by atoms with van der Waals surface area (Å²) in [6.07, 6.45) is 3.39. The molecule has 0 spiro atoms. The molecule has 1 aromatic carbocycles. The highest BCUT2D eigenvalue weighted by atomic mass is 35.5. The van der Waals surface area contributed by atoms with Crippen LogP contribution in [0.3, 0.4) is 0 Å². The zero-order chi connectivity index (χ0) is 16.9. The number of carbonyl (C=O) groups excluding carboxylic acids is 1. The van der Waals surface area contributed by atoms with Gasteiger partial charge in [0.15, 0.2) is 0 Å². The van der Waals surface area contributed by atoms with E-state index in [9.17, 15) is 4.79 Å². The highest BCUT2D eigenvalue weighted by Crippen LogP contribution is 2.23. The molecule has 0 saturated carbocycles. The van der Waals surface area contributed by atoms with Gasteiger partial charge in [0, 0.05) is 0 Å². The van der Waals surface area contributed by atoms with Crippen LogP contribution in [0.1, 0.15) is 17.1 Å². The fourth-order valence-electron chi connectivity index (χ4n) is 2.35. The van der Waals surface area contributed by atoms with Gasteiger partial charge in [-0.25, -0.2) is 0 Å². The van der Waals surface area contributed by atoms with Crippen molar-refractivity contribution in [2.24, 2.45) is 0 Å². The SMILES string of the molecule is O=C(Cc1ccc(Cl)c(Cl)c1)N(Cc1ccco1)Cc1ccco1. The molecule has 0 radical (unpaired) electrons. The van der Waals surface area contributed by atoms with E-state index in [2.05, 4.69) is 0 Å². The summed E-state index contributed by atoms with van der Waals surface area (Å²) in [6, 6.07) is 12.5. The summed E-state index contributed by atoms with van der Waals surface area (Å²) in [5, 5.41) is 0.904. The Morgan fingerprint density at radius 2 is 1.54 bits per heavy atom. The summed E-state index contributed by atoms with van der Waals surface area (Å²) in [7, 11) is 0. The number of benzene rings is 1. The number of hydrogen-bond donors (Lipinski definition) is 0. The van der Waals surface area contributed by atoms with Gasteiger partial charge in [-0.1, -0.05) is 29.3 Å². The van der Waals surface area contributed by atoms with E-state index in [-0.39, 0.29) is 12.3 Å². The third-order valence-corrected chi connectivity index (χ3v) is 4.28. The lowest BCUT2D eigenvalue weighted by atomic mass is 10.1. The van der Waals surface area contributed by atoms with Crippen LogP contribution in [0.4, 0.5) is 0 Å². The van der Waals surface area contributed by atoms with Gasteiger partial charge in [-0.05, 0) is 42.0 Å². The lowest BCUT2D eigenvalue weighted by Gasteiger charge is -2.21. The Kier molecular flexibility index (Phi) is 5.28. The van der Waals surface area contributed by atoms with Crippen molar-refractivity contribution in [3.05, 3.63) is 82.1 Å². The van der Waals surface area contributed by atoms with Crippen LogP contribution in [0.25, 0.3) is 0 Å². The maximum Gasteiger partial charge on any atom is 0.227 e. The second kappa shape index (κ2) is 7.60. The first-order chi connectivity index (χ1) is 11.6. The molecule has 0 atom stereocenters. The second-order valence-electron chi connectivity index (χ2n) is 5.33. The number of amides is 1. The Hall–Kier alpha value is -2.17. The van der Waals surface area contributed by atoms with Crippen molar-refractivity contribution in [2.45, 2.75) is 19.5 Å². The molecule has 0 saturated heterocycles. The Morgan fingerprint density at radius 1 is 0.917 bits per heavy atom. The van der Waals surface area contributed by atoms with Crippen molar-refractivity contribution in [2.75, 3.05) is 0 Å². The number of hydrogen-bond acceptors (Lipinski definition) is 3. The first kappa shape index (κ1) is 16.7. The molecule has 124 valence electrons. The number of nitrogens with zero attached hydrogens (tertiary/aromatic N) is 1. The molecule has 2 heterocycles. The van der Waals surface area contributed by atoms with E-state index >= 15 is 0 Å². The highest BCUT2D eigenvalue weighted by molar-refractivity contribution is 6.42. The Bertz CT molecular complexity index is 762. The molecule has 6 heteroatoms. The minimum Gasteiger partial charge on any atom is -0.467 e. The van der Waals surface area contributed by atoms with Crippen LogP contribution in [0.5, 0.6) is 0 Å². The van der Waals surface area contributed by atoms with E-state index in [1.807, 2.05) is 12.1 Å². The molecule has 3 rings (SSSR count). The standard InChI is InChI=1S/C18H15Cl2NO3/c19-16-6-5-13(9-17(16)20)10-18(22)21(11-14-3-1-7-23-14)12-15-4-2-8-24-15/h1-9H,10-12H2. The van der Waals surface area contributed by atoms with Crippen LogP contribution in [-0.4, -0.2) is 10.8 Å². The number of furan rings is 2. The minimum absolute atomic E-state index is 0.0545. The van der Waals surface area contributed by atoms with E-state index in [0.29, 0.717) is 34.7 Å². The Balaban J connectivity index is 1.75. The van der Waals surface area contributed by atoms with Crippen molar-refractivity contribution in [3.63, 3.8) is 0 Å². The average molecular weight is 364 g/mol. The first-order valence-corrected chi connectivity index (χ1v) is 8.14. The summed E-state index contributed by atoms with van der Waals surface area (Å²) in [5.74, 6) is 1.37. The van der Waals surface area contributed by atoms with E-state index in [4.69, 9.17) is 32.0 Å². The monoisotopic (exact) mass is 363 g/mol. The van der Waals surface area contributed by atoms with Crippen LogP contribution < -0.4 is 0 Å². The topological polar surface area (TPSA) is 46.6 Å². The van der Waals surface area contributed by atoms with Crippen LogP contribution in [0.2, 0.25) is 10.0 Å². The van der Waals surface area contributed by atoms with Crippen molar-refractivity contribution in [3.8, 4) is 0 Å². The fraction of sp³-hybridized carbons (Fsp3) is 0.167. The average Bonchev–Trinajstić information content (AvgIpc) is 3.24. The molecule has 1 amide bonds. The summed E-state index contributed by atoms with van der Waals surface area (Å²) in [4.78, 5) is 14.4. The van der Waals surface area contributed by atoms with E-state index in [1.54, 1.807) is 47.8 Å². The molecule has 24 heavy (non-hydrogen) atoms. The molecule has 0 unspecified atom stereocenters. The maximum atomic E-state index is 12.7. The minimum atomic E-state index is -0.0545. The van der Waals surface area contributed by atoms with Crippen molar-refractivity contribution in [1.82, 2.24) is 4.90 Å². The van der Waals surface area contributed by atoms with Crippen LogP contribution in [0.15, 0.2) is 63.8 Å². The molecule has 4 nitrogen and oxygen atoms in total.